The van der Waals surface area contributed by atoms with Gasteiger partial charge in [-0.2, -0.15) is 0 Å². The van der Waals surface area contributed by atoms with Gasteiger partial charge < -0.3 is 15.0 Å². The lowest BCUT2D eigenvalue weighted by Gasteiger charge is -2.31. The van der Waals surface area contributed by atoms with Crippen LogP contribution < -0.4 is 5.32 Å². The Morgan fingerprint density at radius 3 is 2.58 bits per heavy atom. The molecule has 1 amide bonds. The summed E-state index contributed by atoms with van der Waals surface area (Å²) in [6.45, 7) is 4.43. The molecule has 0 saturated carbocycles. The van der Waals surface area contributed by atoms with Gasteiger partial charge in [-0.25, -0.2) is 0 Å². The maximum atomic E-state index is 12.6. The fraction of sp³-hybridized carbons (Fsp3) is 0.421. The molecule has 5 heteroatoms. The standard InChI is InChI=1S/C19H24N2O2S/c1-14-16(9-12-24-14)13-20-17-5-3-15(4-6-17)19(22)21(2)18-7-10-23-11-8-18/h3-6,9,12,18,20H,7-8,10-11,13H2,1-2H3. The van der Waals surface area contributed by atoms with Crippen molar-refractivity contribution in [3.05, 3.63) is 51.7 Å². The van der Waals surface area contributed by atoms with Crippen LogP contribution in [0, 0.1) is 6.92 Å². The number of benzene rings is 1. The van der Waals surface area contributed by atoms with Crippen LogP contribution in [0.3, 0.4) is 0 Å². The van der Waals surface area contributed by atoms with Gasteiger partial charge in [0.25, 0.3) is 5.91 Å². The zero-order chi connectivity index (χ0) is 16.9. The van der Waals surface area contributed by atoms with Crippen molar-refractivity contribution in [1.82, 2.24) is 4.90 Å². The van der Waals surface area contributed by atoms with E-state index >= 15 is 0 Å². The van der Waals surface area contributed by atoms with E-state index in [4.69, 9.17) is 4.74 Å². The molecule has 2 heterocycles. The molecule has 0 bridgehead atoms. The molecule has 128 valence electrons. The summed E-state index contributed by atoms with van der Waals surface area (Å²) in [6.07, 6.45) is 1.84. The first-order valence-corrected chi connectivity index (χ1v) is 9.25. The summed E-state index contributed by atoms with van der Waals surface area (Å²) in [7, 11) is 1.89. The topological polar surface area (TPSA) is 41.6 Å². The average molecular weight is 344 g/mol. The normalized spacial score (nSPS) is 15.2. The number of carbonyl (C=O) groups excluding carboxylic acids is 1. The van der Waals surface area contributed by atoms with Gasteiger partial charge in [-0.1, -0.05) is 0 Å². The number of thiophene rings is 1. The maximum absolute atomic E-state index is 12.6. The second kappa shape index (κ2) is 7.81. The zero-order valence-corrected chi connectivity index (χ0v) is 15.1. The third kappa shape index (κ3) is 3.97. The SMILES string of the molecule is Cc1sccc1CNc1ccc(C(=O)N(C)C2CCOCC2)cc1. The van der Waals surface area contributed by atoms with Crippen LogP contribution in [0.5, 0.6) is 0 Å². The first-order valence-electron chi connectivity index (χ1n) is 8.37. The predicted octanol–water partition coefficient (Wildman–Crippen LogP) is 3.92. The van der Waals surface area contributed by atoms with Crippen molar-refractivity contribution in [2.45, 2.75) is 32.4 Å². The molecule has 1 N–H and O–H groups in total. The number of hydrogen-bond donors (Lipinski definition) is 1. The lowest BCUT2D eigenvalue weighted by atomic mass is 10.1. The summed E-state index contributed by atoms with van der Waals surface area (Å²) in [6, 6.07) is 10.2. The first kappa shape index (κ1) is 17.0. The molecule has 1 aliphatic rings. The van der Waals surface area contributed by atoms with Gasteiger partial charge in [-0.3, -0.25) is 4.79 Å². The van der Waals surface area contributed by atoms with Crippen molar-refractivity contribution in [2.24, 2.45) is 0 Å². The third-order valence-electron chi connectivity index (χ3n) is 4.64. The highest BCUT2D eigenvalue weighted by molar-refractivity contribution is 7.10. The van der Waals surface area contributed by atoms with Crippen LogP contribution in [0.2, 0.25) is 0 Å². The highest BCUT2D eigenvalue weighted by Gasteiger charge is 2.23. The van der Waals surface area contributed by atoms with Gasteiger partial charge in [-0.05, 0) is 61.0 Å². The van der Waals surface area contributed by atoms with Crippen molar-refractivity contribution < 1.29 is 9.53 Å². The van der Waals surface area contributed by atoms with Crippen LogP contribution in [0.25, 0.3) is 0 Å². The van der Waals surface area contributed by atoms with E-state index in [1.807, 2.05) is 36.2 Å². The smallest absolute Gasteiger partial charge is 0.253 e. The quantitative estimate of drug-likeness (QED) is 0.894. The lowest BCUT2D eigenvalue weighted by Crippen LogP contribution is -2.40. The minimum atomic E-state index is 0.0853. The van der Waals surface area contributed by atoms with Crippen LogP contribution in [-0.2, 0) is 11.3 Å². The van der Waals surface area contributed by atoms with Gasteiger partial charge >= 0.3 is 0 Å². The Morgan fingerprint density at radius 1 is 1.25 bits per heavy atom. The van der Waals surface area contributed by atoms with Crippen molar-refractivity contribution in [2.75, 3.05) is 25.6 Å². The molecule has 0 unspecified atom stereocenters. The summed E-state index contributed by atoms with van der Waals surface area (Å²) < 4.78 is 5.37. The molecule has 1 aromatic heterocycles. The number of anilines is 1. The largest absolute Gasteiger partial charge is 0.381 e. The van der Waals surface area contributed by atoms with Crippen LogP contribution in [0.1, 0.15) is 33.6 Å². The molecule has 2 aromatic rings. The van der Waals surface area contributed by atoms with Crippen molar-refractivity contribution in [3.63, 3.8) is 0 Å². The van der Waals surface area contributed by atoms with Gasteiger partial charge in [0.2, 0.25) is 0 Å². The van der Waals surface area contributed by atoms with E-state index in [2.05, 4.69) is 23.7 Å². The number of nitrogens with one attached hydrogen (secondary N) is 1. The van der Waals surface area contributed by atoms with E-state index in [1.54, 1.807) is 11.3 Å². The Bertz CT molecular complexity index is 675. The summed E-state index contributed by atoms with van der Waals surface area (Å²) in [5.74, 6) is 0.0853. The van der Waals surface area contributed by atoms with Crippen molar-refractivity contribution in [1.29, 1.82) is 0 Å². The fourth-order valence-electron chi connectivity index (χ4n) is 2.96. The molecule has 4 nitrogen and oxygen atoms in total. The van der Waals surface area contributed by atoms with Crippen LogP contribution in [-0.4, -0.2) is 37.1 Å². The van der Waals surface area contributed by atoms with Crippen LogP contribution in [0.4, 0.5) is 5.69 Å². The molecule has 24 heavy (non-hydrogen) atoms. The number of carbonyl (C=O) groups is 1. The summed E-state index contributed by atoms with van der Waals surface area (Å²) >= 11 is 1.76. The van der Waals surface area contributed by atoms with Gasteiger partial charge in [0.1, 0.15) is 0 Å². The third-order valence-corrected chi connectivity index (χ3v) is 5.53. The van der Waals surface area contributed by atoms with E-state index in [9.17, 15) is 4.79 Å². The molecule has 1 saturated heterocycles. The summed E-state index contributed by atoms with van der Waals surface area (Å²) in [5.41, 5.74) is 3.09. The minimum absolute atomic E-state index is 0.0853. The second-order valence-electron chi connectivity index (χ2n) is 6.19. The van der Waals surface area contributed by atoms with Crippen molar-refractivity contribution in [3.8, 4) is 0 Å². The predicted molar refractivity (Wildman–Crippen MR) is 98.8 cm³/mol. The Hall–Kier alpha value is -1.85. The van der Waals surface area contributed by atoms with Gasteiger partial charge in [0, 0.05) is 49.0 Å². The lowest BCUT2D eigenvalue weighted by molar-refractivity contribution is 0.0362. The number of amides is 1. The molecule has 1 aliphatic heterocycles. The zero-order valence-electron chi connectivity index (χ0n) is 14.2. The van der Waals surface area contributed by atoms with E-state index < -0.39 is 0 Å². The van der Waals surface area contributed by atoms with Gasteiger partial charge in [-0.15, -0.1) is 11.3 Å². The number of ether oxygens (including phenoxy) is 1. The van der Waals surface area contributed by atoms with Crippen molar-refractivity contribution >= 4 is 22.9 Å². The monoisotopic (exact) mass is 344 g/mol. The molecule has 0 spiro atoms. The summed E-state index contributed by atoms with van der Waals surface area (Å²) in [4.78, 5) is 15.8. The molecule has 1 aromatic carbocycles. The molecule has 0 atom stereocenters. The number of nitrogens with zero attached hydrogens (tertiary/aromatic N) is 1. The van der Waals surface area contributed by atoms with E-state index in [-0.39, 0.29) is 11.9 Å². The molecule has 3 rings (SSSR count). The molecule has 1 fully saturated rings. The number of hydrogen-bond acceptors (Lipinski definition) is 4. The van der Waals surface area contributed by atoms with E-state index in [0.717, 1.165) is 43.9 Å². The maximum Gasteiger partial charge on any atom is 0.253 e. The Balaban J connectivity index is 1.59. The van der Waals surface area contributed by atoms with Gasteiger partial charge in [0.05, 0.1) is 0 Å². The molecule has 0 radical (unpaired) electrons. The highest BCUT2D eigenvalue weighted by Crippen LogP contribution is 2.19. The Labute approximate surface area is 147 Å². The summed E-state index contributed by atoms with van der Waals surface area (Å²) in [5, 5.41) is 5.52. The van der Waals surface area contributed by atoms with Crippen LogP contribution >= 0.6 is 11.3 Å². The highest BCUT2D eigenvalue weighted by atomic mass is 32.1. The number of rotatable bonds is 5. The molecular formula is C19H24N2O2S. The number of aryl methyl sites for hydroxylation is 1. The molecule has 0 aliphatic carbocycles. The Morgan fingerprint density at radius 2 is 1.96 bits per heavy atom. The van der Waals surface area contributed by atoms with Crippen LogP contribution in [0.15, 0.2) is 35.7 Å². The first-order chi connectivity index (χ1) is 11.6. The van der Waals surface area contributed by atoms with E-state index in [0.29, 0.717) is 0 Å². The van der Waals surface area contributed by atoms with Gasteiger partial charge in [0.15, 0.2) is 0 Å². The minimum Gasteiger partial charge on any atom is -0.381 e. The molecular weight excluding hydrogens is 320 g/mol. The van der Waals surface area contributed by atoms with E-state index in [1.165, 1.54) is 10.4 Å². The fourth-order valence-corrected chi connectivity index (χ4v) is 3.69. The second-order valence-corrected chi connectivity index (χ2v) is 7.31. The average Bonchev–Trinajstić information content (AvgIpc) is 3.05. The Kier molecular flexibility index (Phi) is 5.53.